The first-order valence-electron chi connectivity index (χ1n) is 8.63. The van der Waals surface area contributed by atoms with Crippen LogP contribution < -0.4 is 9.64 Å². The first-order valence-corrected chi connectivity index (χ1v) is 8.63. The van der Waals surface area contributed by atoms with E-state index in [-0.39, 0.29) is 30.2 Å². The molecular weight excluding hydrogens is 330 g/mol. The molecule has 0 N–H and O–H groups in total. The summed E-state index contributed by atoms with van der Waals surface area (Å²) in [4.78, 5) is 33.0. The van der Waals surface area contributed by atoms with E-state index in [2.05, 4.69) is 4.98 Å². The lowest BCUT2D eigenvalue weighted by atomic mass is 10.1. The van der Waals surface area contributed by atoms with Crippen molar-refractivity contribution in [2.24, 2.45) is 5.92 Å². The van der Waals surface area contributed by atoms with Gasteiger partial charge >= 0.3 is 0 Å². The molecule has 0 saturated carbocycles. The molecule has 1 aliphatic heterocycles. The first kappa shape index (κ1) is 17.9. The maximum atomic E-state index is 12.9. The van der Waals surface area contributed by atoms with Crippen LogP contribution in [0.4, 0.5) is 5.69 Å². The van der Waals surface area contributed by atoms with Crippen LogP contribution in [0, 0.1) is 5.92 Å². The van der Waals surface area contributed by atoms with E-state index in [0.717, 1.165) is 17.1 Å². The van der Waals surface area contributed by atoms with Gasteiger partial charge in [0.25, 0.3) is 0 Å². The normalized spacial score (nSPS) is 17.9. The fourth-order valence-corrected chi connectivity index (χ4v) is 3.19. The van der Waals surface area contributed by atoms with E-state index in [1.165, 1.54) is 0 Å². The van der Waals surface area contributed by atoms with Crippen LogP contribution >= 0.6 is 0 Å². The number of benzene rings is 1. The minimum Gasteiger partial charge on any atom is -0.497 e. The van der Waals surface area contributed by atoms with Gasteiger partial charge in [0.15, 0.2) is 0 Å². The van der Waals surface area contributed by atoms with E-state index >= 15 is 0 Å². The number of carbonyl (C=O) groups excluding carboxylic acids is 2. The van der Waals surface area contributed by atoms with Crippen LogP contribution in [0.3, 0.4) is 0 Å². The van der Waals surface area contributed by atoms with Crippen molar-refractivity contribution in [3.8, 4) is 5.75 Å². The number of hydrogen-bond acceptors (Lipinski definition) is 4. The summed E-state index contributed by atoms with van der Waals surface area (Å²) in [6.45, 7) is 2.33. The molecule has 1 aliphatic rings. The molecule has 1 aromatic carbocycles. The molecule has 0 bridgehead atoms. The summed E-state index contributed by atoms with van der Waals surface area (Å²) in [6, 6.07) is 12.8. The average molecular weight is 353 g/mol. The SMILES string of the molecule is COc1ccc(N2CC(C(=O)N(C)C(C)c3ccccn3)CC2=O)cc1. The van der Waals surface area contributed by atoms with E-state index < -0.39 is 0 Å². The number of rotatable bonds is 5. The molecule has 0 spiro atoms. The van der Waals surface area contributed by atoms with Crippen LogP contribution in [0.5, 0.6) is 5.75 Å². The largest absolute Gasteiger partial charge is 0.497 e. The zero-order chi connectivity index (χ0) is 18.7. The Labute approximate surface area is 153 Å². The Balaban J connectivity index is 1.70. The number of amides is 2. The molecule has 3 rings (SSSR count). The highest BCUT2D eigenvalue weighted by Gasteiger charge is 2.37. The molecule has 6 heteroatoms. The summed E-state index contributed by atoms with van der Waals surface area (Å²) in [6.07, 6.45) is 1.94. The molecule has 6 nitrogen and oxygen atoms in total. The Bertz CT molecular complexity index is 777. The van der Waals surface area contributed by atoms with Crippen LogP contribution in [0.25, 0.3) is 0 Å². The lowest BCUT2D eigenvalue weighted by Crippen LogP contribution is -2.36. The lowest BCUT2D eigenvalue weighted by Gasteiger charge is -2.27. The highest BCUT2D eigenvalue weighted by Crippen LogP contribution is 2.29. The molecule has 2 heterocycles. The minimum absolute atomic E-state index is 0.0347. The van der Waals surface area contributed by atoms with Gasteiger partial charge in [0.1, 0.15) is 5.75 Å². The number of methoxy groups -OCH3 is 1. The maximum Gasteiger partial charge on any atom is 0.228 e. The van der Waals surface area contributed by atoms with Crippen molar-refractivity contribution in [1.29, 1.82) is 0 Å². The van der Waals surface area contributed by atoms with E-state index in [4.69, 9.17) is 4.74 Å². The molecule has 0 aliphatic carbocycles. The van der Waals surface area contributed by atoms with E-state index in [0.29, 0.717) is 6.54 Å². The Hall–Kier alpha value is -2.89. The Morgan fingerprint density at radius 3 is 2.62 bits per heavy atom. The van der Waals surface area contributed by atoms with E-state index in [9.17, 15) is 9.59 Å². The fourth-order valence-electron chi connectivity index (χ4n) is 3.19. The summed E-state index contributed by atoms with van der Waals surface area (Å²) >= 11 is 0. The average Bonchev–Trinajstić information content (AvgIpc) is 3.08. The van der Waals surface area contributed by atoms with E-state index in [1.54, 1.807) is 30.2 Å². The molecule has 1 fully saturated rings. The fraction of sp³-hybridized carbons (Fsp3) is 0.350. The second-order valence-corrected chi connectivity index (χ2v) is 6.48. The van der Waals surface area contributed by atoms with Gasteiger partial charge in [-0.15, -0.1) is 0 Å². The first-order chi connectivity index (χ1) is 12.5. The monoisotopic (exact) mass is 353 g/mol. The van der Waals surface area contributed by atoms with Crippen molar-refractivity contribution in [3.63, 3.8) is 0 Å². The van der Waals surface area contributed by atoms with Gasteiger partial charge in [0, 0.05) is 31.9 Å². The lowest BCUT2D eigenvalue weighted by molar-refractivity contribution is -0.136. The standard InChI is InChI=1S/C20H23N3O3/c1-14(18-6-4-5-11-21-18)22(2)20(25)15-12-19(24)23(13-15)16-7-9-17(26-3)10-8-16/h4-11,14-15H,12-13H2,1-3H3. The Morgan fingerprint density at radius 2 is 2.00 bits per heavy atom. The number of carbonyl (C=O) groups is 2. The number of anilines is 1. The highest BCUT2D eigenvalue weighted by atomic mass is 16.5. The van der Waals surface area contributed by atoms with Crippen molar-refractivity contribution < 1.29 is 14.3 Å². The number of pyridine rings is 1. The topological polar surface area (TPSA) is 62.7 Å². The third-order valence-corrected chi connectivity index (χ3v) is 4.90. The summed E-state index contributed by atoms with van der Waals surface area (Å²) < 4.78 is 5.15. The second-order valence-electron chi connectivity index (χ2n) is 6.48. The van der Waals surface area contributed by atoms with Crippen LogP contribution in [-0.4, -0.2) is 42.4 Å². The number of aromatic nitrogens is 1. The molecule has 1 saturated heterocycles. The predicted molar refractivity (Wildman–Crippen MR) is 98.9 cm³/mol. The molecule has 2 amide bonds. The maximum absolute atomic E-state index is 12.9. The molecule has 2 atom stereocenters. The van der Waals surface area contributed by atoms with Crippen molar-refractivity contribution >= 4 is 17.5 Å². The predicted octanol–water partition coefficient (Wildman–Crippen LogP) is 2.66. The number of hydrogen-bond donors (Lipinski definition) is 0. The van der Waals surface area contributed by atoms with Gasteiger partial charge in [-0.3, -0.25) is 14.6 Å². The minimum atomic E-state index is -0.347. The van der Waals surface area contributed by atoms with Gasteiger partial charge in [-0.25, -0.2) is 0 Å². The molecule has 26 heavy (non-hydrogen) atoms. The molecule has 2 unspecified atom stereocenters. The van der Waals surface area contributed by atoms with Gasteiger partial charge in [-0.1, -0.05) is 6.07 Å². The van der Waals surface area contributed by atoms with Crippen molar-refractivity contribution in [3.05, 3.63) is 54.4 Å². The summed E-state index contributed by atoms with van der Waals surface area (Å²) in [5.74, 6) is 0.317. The molecular formula is C20H23N3O3. The van der Waals surface area contributed by atoms with Gasteiger partial charge in [0.2, 0.25) is 11.8 Å². The van der Waals surface area contributed by atoms with E-state index in [1.807, 2.05) is 49.4 Å². The van der Waals surface area contributed by atoms with Gasteiger partial charge < -0.3 is 14.5 Å². The molecule has 1 aromatic heterocycles. The van der Waals surface area contributed by atoms with Crippen LogP contribution in [0.15, 0.2) is 48.7 Å². The second kappa shape index (κ2) is 7.56. The van der Waals surface area contributed by atoms with Gasteiger partial charge in [0.05, 0.1) is 24.8 Å². The third-order valence-electron chi connectivity index (χ3n) is 4.90. The molecule has 0 radical (unpaired) electrons. The molecule has 2 aromatic rings. The summed E-state index contributed by atoms with van der Waals surface area (Å²) in [7, 11) is 3.37. The van der Waals surface area contributed by atoms with Crippen molar-refractivity contribution in [2.75, 3.05) is 25.6 Å². The quantitative estimate of drug-likeness (QED) is 0.829. The Morgan fingerprint density at radius 1 is 1.27 bits per heavy atom. The van der Waals surface area contributed by atoms with Gasteiger partial charge in [-0.05, 0) is 43.3 Å². The third kappa shape index (κ3) is 3.54. The van der Waals surface area contributed by atoms with Crippen molar-refractivity contribution in [2.45, 2.75) is 19.4 Å². The van der Waals surface area contributed by atoms with Crippen LogP contribution in [0.2, 0.25) is 0 Å². The van der Waals surface area contributed by atoms with Crippen molar-refractivity contribution in [1.82, 2.24) is 9.88 Å². The summed E-state index contributed by atoms with van der Waals surface area (Å²) in [5, 5.41) is 0. The Kier molecular flexibility index (Phi) is 5.21. The zero-order valence-electron chi connectivity index (χ0n) is 15.3. The number of ether oxygens (including phenoxy) is 1. The molecule has 136 valence electrons. The van der Waals surface area contributed by atoms with Crippen LogP contribution in [-0.2, 0) is 9.59 Å². The smallest absolute Gasteiger partial charge is 0.228 e. The van der Waals surface area contributed by atoms with Crippen LogP contribution in [0.1, 0.15) is 25.1 Å². The highest BCUT2D eigenvalue weighted by molar-refractivity contribution is 6.00. The summed E-state index contributed by atoms with van der Waals surface area (Å²) in [5.41, 5.74) is 1.62. The zero-order valence-corrected chi connectivity index (χ0v) is 15.3. The number of nitrogens with zero attached hydrogens (tertiary/aromatic N) is 3. The van der Waals surface area contributed by atoms with Gasteiger partial charge in [-0.2, -0.15) is 0 Å².